The van der Waals surface area contributed by atoms with Crippen LogP contribution in [0.2, 0.25) is 0 Å². The van der Waals surface area contributed by atoms with Gasteiger partial charge in [-0.3, -0.25) is 4.79 Å². The van der Waals surface area contributed by atoms with Gasteiger partial charge >= 0.3 is 0 Å². The Hall–Kier alpha value is -3.64. The minimum Gasteiger partial charge on any atom is -0.488 e. The van der Waals surface area contributed by atoms with Crippen LogP contribution in [0, 0.1) is 0 Å². The zero-order valence-corrected chi connectivity index (χ0v) is 18.8. The van der Waals surface area contributed by atoms with Gasteiger partial charge in [0.2, 0.25) is 0 Å². The number of amides is 1. The molecule has 0 aromatic heterocycles. The molecule has 160 valence electrons. The van der Waals surface area contributed by atoms with Gasteiger partial charge in [0.15, 0.2) is 6.61 Å². The number of hydrogen-bond donors (Lipinski definition) is 1. The van der Waals surface area contributed by atoms with Gasteiger partial charge < -0.3 is 9.47 Å². The molecule has 0 saturated heterocycles. The Balaban J connectivity index is 1.32. The second kappa shape index (κ2) is 10.6. The molecule has 0 aliphatic rings. The van der Waals surface area contributed by atoms with Crippen LogP contribution >= 0.6 is 15.9 Å². The molecule has 4 aromatic carbocycles. The smallest absolute Gasteiger partial charge is 0.277 e. The number of hydrogen-bond acceptors (Lipinski definition) is 4. The second-order valence-corrected chi connectivity index (χ2v) is 7.79. The van der Waals surface area contributed by atoms with Crippen molar-refractivity contribution in [1.29, 1.82) is 0 Å². The number of rotatable bonds is 8. The van der Waals surface area contributed by atoms with Crippen LogP contribution in [0.25, 0.3) is 10.8 Å². The number of nitrogens with one attached hydrogen (secondary N) is 1. The van der Waals surface area contributed by atoms with Crippen LogP contribution in [0.4, 0.5) is 0 Å². The molecule has 0 radical (unpaired) electrons. The van der Waals surface area contributed by atoms with Crippen LogP contribution in [-0.2, 0) is 11.4 Å². The molecule has 5 nitrogen and oxygen atoms in total. The highest BCUT2D eigenvalue weighted by Gasteiger charge is 2.08. The Kier molecular flexibility index (Phi) is 7.15. The van der Waals surface area contributed by atoms with Crippen LogP contribution in [0.5, 0.6) is 11.5 Å². The van der Waals surface area contributed by atoms with E-state index in [1.807, 2.05) is 91.0 Å². The van der Waals surface area contributed by atoms with Crippen molar-refractivity contribution in [2.45, 2.75) is 6.61 Å². The number of benzene rings is 4. The largest absolute Gasteiger partial charge is 0.488 e. The van der Waals surface area contributed by atoms with Crippen LogP contribution in [0.3, 0.4) is 0 Å². The first-order valence-electron chi connectivity index (χ1n) is 10.1. The van der Waals surface area contributed by atoms with Crippen LogP contribution in [-0.4, -0.2) is 18.7 Å². The molecule has 0 atom stereocenters. The SMILES string of the molecule is O=C(COc1ccc2ccccc2c1Br)NN=Cc1ccccc1OCc1ccccc1. The lowest BCUT2D eigenvalue weighted by Gasteiger charge is -2.10. The summed E-state index contributed by atoms with van der Waals surface area (Å²) >= 11 is 3.55. The standard InChI is InChI=1S/C26H21BrN2O3/c27-26-22-12-6-4-10-20(22)14-15-24(26)32-18-25(30)29-28-16-21-11-5-7-13-23(21)31-17-19-8-2-1-3-9-19/h1-16H,17-18H2,(H,29,30). The van der Waals surface area contributed by atoms with E-state index in [-0.39, 0.29) is 12.5 Å². The van der Waals surface area contributed by atoms with Crippen molar-refractivity contribution in [3.05, 3.63) is 107 Å². The first kappa shape index (κ1) is 21.6. The van der Waals surface area contributed by atoms with Crippen LogP contribution < -0.4 is 14.9 Å². The Labute approximate surface area is 194 Å². The van der Waals surface area contributed by atoms with E-state index in [2.05, 4.69) is 26.5 Å². The van der Waals surface area contributed by atoms with E-state index >= 15 is 0 Å². The molecule has 0 aliphatic heterocycles. The van der Waals surface area contributed by atoms with E-state index in [9.17, 15) is 4.79 Å². The maximum absolute atomic E-state index is 12.2. The number of nitrogens with zero attached hydrogens (tertiary/aromatic N) is 1. The molecule has 0 bridgehead atoms. The Bertz CT molecular complexity index is 1240. The summed E-state index contributed by atoms with van der Waals surface area (Å²) < 4.78 is 12.4. The van der Waals surface area contributed by atoms with Gasteiger partial charge in [-0.2, -0.15) is 5.10 Å². The number of carbonyl (C=O) groups excluding carboxylic acids is 1. The quantitative estimate of drug-likeness (QED) is 0.255. The number of carbonyl (C=O) groups is 1. The second-order valence-electron chi connectivity index (χ2n) is 6.99. The topological polar surface area (TPSA) is 59.9 Å². The number of para-hydroxylation sites is 1. The Morgan fingerprint density at radius 1 is 0.844 bits per heavy atom. The third-order valence-corrected chi connectivity index (χ3v) is 5.55. The fraction of sp³-hybridized carbons (Fsp3) is 0.0769. The highest BCUT2D eigenvalue weighted by Crippen LogP contribution is 2.32. The van der Waals surface area contributed by atoms with Crippen molar-refractivity contribution in [2.24, 2.45) is 5.10 Å². The van der Waals surface area contributed by atoms with Crippen molar-refractivity contribution in [2.75, 3.05) is 6.61 Å². The van der Waals surface area contributed by atoms with Crippen molar-refractivity contribution >= 4 is 38.8 Å². The van der Waals surface area contributed by atoms with Gasteiger partial charge in [-0.05, 0) is 50.5 Å². The van der Waals surface area contributed by atoms with E-state index < -0.39 is 0 Å². The fourth-order valence-electron chi connectivity index (χ4n) is 3.13. The van der Waals surface area contributed by atoms with Gasteiger partial charge in [-0.1, -0.05) is 72.8 Å². The van der Waals surface area contributed by atoms with Gasteiger partial charge in [-0.15, -0.1) is 0 Å². The number of halogens is 1. The number of fused-ring (bicyclic) bond motifs is 1. The van der Waals surface area contributed by atoms with Gasteiger partial charge in [0, 0.05) is 5.56 Å². The minimum atomic E-state index is -0.357. The first-order valence-corrected chi connectivity index (χ1v) is 10.9. The summed E-state index contributed by atoms with van der Waals surface area (Å²) in [7, 11) is 0. The summed E-state index contributed by atoms with van der Waals surface area (Å²) in [6.45, 7) is 0.299. The summed E-state index contributed by atoms with van der Waals surface area (Å²) in [6, 6.07) is 29.2. The van der Waals surface area contributed by atoms with Crippen molar-refractivity contribution in [3.63, 3.8) is 0 Å². The Morgan fingerprint density at radius 3 is 2.47 bits per heavy atom. The summed E-state index contributed by atoms with van der Waals surface area (Å²) in [5, 5.41) is 6.16. The molecule has 0 saturated carbocycles. The summed E-state index contributed by atoms with van der Waals surface area (Å²) in [6.07, 6.45) is 1.56. The zero-order valence-electron chi connectivity index (χ0n) is 17.2. The average molecular weight is 489 g/mol. The molecule has 4 rings (SSSR count). The monoisotopic (exact) mass is 488 g/mol. The fourth-order valence-corrected chi connectivity index (χ4v) is 3.74. The molecule has 0 heterocycles. The van der Waals surface area contributed by atoms with Gasteiger partial charge in [0.25, 0.3) is 5.91 Å². The molecule has 0 unspecified atom stereocenters. The molecule has 0 spiro atoms. The minimum absolute atomic E-state index is 0.152. The number of ether oxygens (including phenoxy) is 2. The predicted octanol–water partition coefficient (Wildman–Crippen LogP) is 5.71. The number of hydrazone groups is 1. The maximum atomic E-state index is 12.2. The molecule has 32 heavy (non-hydrogen) atoms. The van der Waals surface area contributed by atoms with Crippen molar-refractivity contribution < 1.29 is 14.3 Å². The van der Waals surface area contributed by atoms with Gasteiger partial charge in [0.05, 0.1) is 10.7 Å². The van der Waals surface area contributed by atoms with E-state index in [4.69, 9.17) is 9.47 Å². The van der Waals surface area contributed by atoms with E-state index in [0.717, 1.165) is 26.4 Å². The lowest BCUT2D eigenvalue weighted by Crippen LogP contribution is -2.24. The molecule has 1 N–H and O–H groups in total. The normalized spacial score (nSPS) is 10.9. The molecule has 1 amide bonds. The lowest BCUT2D eigenvalue weighted by molar-refractivity contribution is -0.123. The van der Waals surface area contributed by atoms with Crippen LogP contribution in [0.1, 0.15) is 11.1 Å². The molecular formula is C26H21BrN2O3. The Morgan fingerprint density at radius 2 is 1.59 bits per heavy atom. The molecule has 0 fully saturated rings. The predicted molar refractivity (Wildman–Crippen MR) is 130 cm³/mol. The van der Waals surface area contributed by atoms with Crippen LogP contribution in [0.15, 0.2) is 101 Å². The highest BCUT2D eigenvalue weighted by atomic mass is 79.9. The van der Waals surface area contributed by atoms with Crippen molar-refractivity contribution in [3.8, 4) is 11.5 Å². The third-order valence-electron chi connectivity index (χ3n) is 4.74. The highest BCUT2D eigenvalue weighted by molar-refractivity contribution is 9.10. The average Bonchev–Trinajstić information content (AvgIpc) is 2.84. The molecule has 0 aliphatic carbocycles. The van der Waals surface area contributed by atoms with E-state index in [0.29, 0.717) is 18.1 Å². The van der Waals surface area contributed by atoms with E-state index in [1.54, 1.807) is 6.21 Å². The van der Waals surface area contributed by atoms with Gasteiger partial charge in [0.1, 0.15) is 18.1 Å². The third kappa shape index (κ3) is 5.53. The maximum Gasteiger partial charge on any atom is 0.277 e. The van der Waals surface area contributed by atoms with E-state index in [1.165, 1.54) is 0 Å². The van der Waals surface area contributed by atoms with Crippen molar-refractivity contribution in [1.82, 2.24) is 5.43 Å². The summed E-state index contributed by atoms with van der Waals surface area (Å²) in [5.74, 6) is 0.928. The molecular weight excluding hydrogens is 468 g/mol. The molecule has 6 heteroatoms. The van der Waals surface area contributed by atoms with Gasteiger partial charge in [-0.25, -0.2) is 5.43 Å². The zero-order chi connectivity index (χ0) is 22.2. The summed E-state index contributed by atoms with van der Waals surface area (Å²) in [4.78, 5) is 12.2. The first-order chi connectivity index (χ1) is 15.7. The lowest BCUT2D eigenvalue weighted by atomic mass is 10.1. The molecule has 4 aromatic rings. The summed E-state index contributed by atoms with van der Waals surface area (Å²) in [5.41, 5.74) is 4.33.